The highest BCUT2D eigenvalue weighted by Crippen LogP contribution is 2.17. The maximum absolute atomic E-state index is 13.4. The summed E-state index contributed by atoms with van der Waals surface area (Å²) in [5.41, 5.74) is 0. The Bertz CT molecular complexity index is 336. The van der Waals surface area contributed by atoms with Gasteiger partial charge in [-0.15, -0.1) is 0 Å². The number of aliphatic hydroxyl groups is 1. The first-order valence-corrected chi connectivity index (χ1v) is 6.12. The predicted molar refractivity (Wildman–Crippen MR) is 65.9 cm³/mol. The molecule has 90 valence electrons. The minimum absolute atomic E-state index is 0.163. The monoisotopic (exact) mass is 290 g/mol. The van der Waals surface area contributed by atoms with Crippen molar-refractivity contribution in [2.45, 2.75) is 19.8 Å². The molecule has 2 N–H and O–H groups in total. The molecule has 1 rings (SSSR count). The topological polar surface area (TPSA) is 45.1 Å². The standard InChI is InChI=1S/C11H16BrFN2O/c1-2-8(3-4-16)6-14-11-10(13)5-9(12)7-15-11/h5,7-8,16H,2-4,6H2,1H3,(H,14,15). The number of hydrogen-bond acceptors (Lipinski definition) is 3. The van der Waals surface area contributed by atoms with Crippen molar-refractivity contribution in [1.29, 1.82) is 0 Å². The molecule has 1 aromatic heterocycles. The molecule has 16 heavy (non-hydrogen) atoms. The first-order chi connectivity index (χ1) is 7.67. The summed E-state index contributed by atoms with van der Waals surface area (Å²) in [5, 5.41) is 11.8. The highest BCUT2D eigenvalue weighted by molar-refractivity contribution is 9.10. The van der Waals surface area contributed by atoms with E-state index < -0.39 is 0 Å². The number of pyridine rings is 1. The Morgan fingerprint density at radius 1 is 1.62 bits per heavy atom. The van der Waals surface area contributed by atoms with E-state index in [9.17, 15) is 4.39 Å². The van der Waals surface area contributed by atoms with Crippen LogP contribution < -0.4 is 5.32 Å². The van der Waals surface area contributed by atoms with Crippen LogP contribution in [0.15, 0.2) is 16.7 Å². The van der Waals surface area contributed by atoms with Gasteiger partial charge in [0.1, 0.15) is 0 Å². The van der Waals surface area contributed by atoms with E-state index in [0.717, 1.165) is 12.8 Å². The van der Waals surface area contributed by atoms with E-state index in [-0.39, 0.29) is 18.2 Å². The number of hydrogen-bond donors (Lipinski definition) is 2. The Kier molecular flexibility index (Phi) is 5.69. The van der Waals surface area contributed by atoms with Crippen molar-refractivity contribution in [3.8, 4) is 0 Å². The summed E-state index contributed by atoms with van der Waals surface area (Å²) < 4.78 is 14.0. The first-order valence-electron chi connectivity index (χ1n) is 5.33. The second-order valence-corrected chi connectivity index (χ2v) is 4.57. The quantitative estimate of drug-likeness (QED) is 0.847. The van der Waals surface area contributed by atoms with Gasteiger partial charge in [0, 0.05) is 23.8 Å². The molecule has 1 heterocycles. The van der Waals surface area contributed by atoms with Gasteiger partial charge in [0.25, 0.3) is 0 Å². The fourth-order valence-electron chi connectivity index (χ4n) is 1.42. The van der Waals surface area contributed by atoms with Gasteiger partial charge in [-0.2, -0.15) is 0 Å². The number of rotatable bonds is 6. The molecule has 1 atom stereocenters. The lowest BCUT2D eigenvalue weighted by molar-refractivity contribution is 0.258. The number of aliphatic hydroxyl groups excluding tert-OH is 1. The third-order valence-corrected chi connectivity index (χ3v) is 2.91. The van der Waals surface area contributed by atoms with Crippen LogP contribution in [0.2, 0.25) is 0 Å². The number of nitrogens with zero attached hydrogens (tertiary/aromatic N) is 1. The third kappa shape index (κ3) is 4.06. The molecule has 5 heteroatoms. The zero-order chi connectivity index (χ0) is 12.0. The lowest BCUT2D eigenvalue weighted by Gasteiger charge is -2.14. The first kappa shape index (κ1) is 13.4. The van der Waals surface area contributed by atoms with Gasteiger partial charge in [0.2, 0.25) is 0 Å². The Labute approximate surface area is 103 Å². The molecule has 0 bridgehead atoms. The molecule has 0 amide bonds. The van der Waals surface area contributed by atoms with E-state index in [2.05, 4.69) is 26.2 Å². The summed E-state index contributed by atoms with van der Waals surface area (Å²) in [6.45, 7) is 2.84. The molecule has 0 spiro atoms. The van der Waals surface area contributed by atoms with Crippen LogP contribution in [0.5, 0.6) is 0 Å². The largest absolute Gasteiger partial charge is 0.396 e. The van der Waals surface area contributed by atoms with E-state index >= 15 is 0 Å². The van der Waals surface area contributed by atoms with Gasteiger partial charge >= 0.3 is 0 Å². The third-order valence-electron chi connectivity index (χ3n) is 2.48. The smallest absolute Gasteiger partial charge is 0.166 e. The summed E-state index contributed by atoms with van der Waals surface area (Å²) in [4.78, 5) is 3.95. The fraction of sp³-hybridized carbons (Fsp3) is 0.545. The molecule has 0 saturated carbocycles. The van der Waals surface area contributed by atoms with E-state index in [1.165, 1.54) is 6.07 Å². The average molecular weight is 291 g/mol. The van der Waals surface area contributed by atoms with Crippen molar-refractivity contribution in [3.05, 3.63) is 22.6 Å². The predicted octanol–water partition coefficient (Wildman–Crippen LogP) is 2.80. The van der Waals surface area contributed by atoms with Gasteiger partial charge in [-0.05, 0) is 34.3 Å². The van der Waals surface area contributed by atoms with Gasteiger partial charge in [0.05, 0.1) is 0 Å². The van der Waals surface area contributed by atoms with Gasteiger partial charge in [-0.3, -0.25) is 0 Å². The lowest BCUT2D eigenvalue weighted by atomic mass is 10.0. The number of aromatic nitrogens is 1. The van der Waals surface area contributed by atoms with E-state index in [1.54, 1.807) is 6.20 Å². The maximum Gasteiger partial charge on any atom is 0.166 e. The Morgan fingerprint density at radius 2 is 2.38 bits per heavy atom. The Morgan fingerprint density at radius 3 is 2.94 bits per heavy atom. The van der Waals surface area contributed by atoms with Crippen LogP contribution in [0.25, 0.3) is 0 Å². The molecule has 1 aromatic rings. The minimum atomic E-state index is -0.367. The highest BCUT2D eigenvalue weighted by atomic mass is 79.9. The summed E-state index contributed by atoms with van der Waals surface area (Å²) in [7, 11) is 0. The van der Waals surface area contributed by atoms with Crippen molar-refractivity contribution in [2.75, 3.05) is 18.5 Å². The Hall–Kier alpha value is -0.680. The molecule has 3 nitrogen and oxygen atoms in total. The average Bonchev–Trinajstić information content (AvgIpc) is 2.26. The minimum Gasteiger partial charge on any atom is -0.396 e. The lowest BCUT2D eigenvalue weighted by Crippen LogP contribution is -2.16. The number of nitrogens with one attached hydrogen (secondary N) is 1. The molecule has 0 aromatic carbocycles. The van der Waals surface area contributed by atoms with Gasteiger partial charge in [0.15, 0.2) is 11.6 Å². The molecule has 1 unspecified atom stereocenters. The van der Waals surface area contributed by atoms with Crippen molar-refractivity contribution in [3.63, 3.8) is 0 Å². The molecule has 0 radical (unpaired) electrons. The van der Waals surface area contributed by atoms with Gasteiger partial charge < -0.3 is 10.4 Å². The molecular weight excluding hydrogens is 275 g/mol. The highest BCUT2D eigenvalue weighted by Gasteiger charge is 2.08. The van der Waals surface area contributed by atoms with Crippen LogP contribution in [0.1, 0.15) is 19.8 Å². The summed E-state index contributed by atoms with van der Waals surface area (Å²) in [6, 6.07) is 1.38. The van der Waals surface area contributed by atoms with Crippen LogP contribution in [-0.2, 0) is 0 Å². The SMILES string of the molecule is CCC(CCO)CNc1ncc(Br)cc1F. The van der Waals surface area contributed by atoms with Crippen molar-refractivity contribution in [2.24, 2.45) is 5.92 Å². The number of anilines is 1. The van der Waals surface area contributed by atoms with Crippen LogP contribution in [0.3, 0.4) is 0 Å². The normalized spacial score (nSPS) is 12.5. The number of halogens is 2. The second kappa shape index (κ2) is 6.81. The van der Waals surface area contributed by atoms with E-state index in [1.807, 2.05) is 6.92 Å². The fourth-order valence-corrected chi connectivity index (χ4v) is 1.72. The second-order valence-electron chi connectivity index (χ2n) is 3.65. The summed E-state index contributed by atoms with van der Waals surface area (Å²) >= 11 is 3.15. The van der Waals surface area contributed by atoms with Crippen LogP contribution in [-0.4, -0.2) is 23.2 Å². The molecule has 0 aliphatic carbocycles. The zero-order valence-corrected chi connectivity index (χ0v) is 10.8. The van der Waals surface area contributed by atoms with Crippen LogP contribution in [0, 0.1) is 11.7 Å². The summed E-state index contributed by atoms with van der Waals surface area (Å²) in [6.07, 6.45) is 3.23. The molecule has 0 aliphatic rings. The van der Waals surface area contributed by atoms with E-state index in [0.29, 0.717) is 16.9 Å². The van der Waals surface area contributed by atoms with Crippen molar-refractivity contribution < 1.29 is 9.50 Å². The molecule has 0 aliphatic heterocycles. The maximum atomic E-state index is 13.4. The van der Waals surface area contributed by atoms with Crippen molar-refractivity contribution in [1.82, 2.24) is 4.98 Å². The Balaban J connectivity index is 2.53. The molecule has 0 fully saturated rings. The zero-order valence-electron chi connectivity index (χ0n) is 9.21. The molecule has 0 saturated heterocycles. The van der Waals surface area contributed by atoms with Crippen LogP contribution in [0.4, 0.5) is 10.2 Å². The van der Waals surface area contributed by atoms with Crippen molar-refractivity contribution >= 4 is 21.7 Å². The van der Waals surface area contributed by atoms with E-state index in [4.69, 9.17) is 5.11 Å². The van der Waals surface area contributed by atoms with Gasteiger partial charge in [-0.1, -0.05) is 13.3 Å². The van der Waals surface area contributed by atoms with Crippen LogP contribution >= 0.6 is 15.9 Å². The van der Waals surface area contributed by atoms with Gasteiger partial charge in [-0.25, -0.2) is 9.37 Å². The summed E-state index contributed by atoms with van der Waals surface area (Å²) in [5.74, 6) is 0.239. The molecular formula is C11H16BrFN2O.